The van der Waals surface area contributed by atoms with Gasteiger partial charge in [-0.1, -0.05) is 123 Å². The standard InChI is InChI=1S/C38H37N3/c1-26-23-27(2)28(3)35(24-26)34-20-11-10-14-30(34)22-21-29-13-12-19-33(25-29)38-40-36(31-15-6-4-7-16-31)39-37(41-38)32-17-8-5-9-18-32/h4-20,25-27H,21-24H2,1-3H3. The van der Waals surface area contributed by atoms with E-state index in [-0.39, 0.29) is 0 Å². The van der Waals surface area contributed by atoms with Gasteiger partial charge >= 0.3 is 0 Å². The molecular formula is C38H37N3. The number of nitrogens with zero attached hydrogens (tertiary/aromatic N) is 3. The molecule has 1 aliphatic rings. The number of allylic oxidation sites excluding steroid dienone is 2. The van der Waals surface area contributed by atoms with E-state index in [9.17, 15) is 0 Å². The highest BCUT2D eigenvalue weighted by Crippen LogP contribution is 2.40. The van der Waals surface area contributed by atoms with E-state index in [0.717, 1.165) is 35.4 Å². The molecule has 2 unspecified atom stereocenters. The highest BCUT2D eigenvalue weighted by atomic mass is 15.0. The van der Waals surface area contributed by atoms with Crippen LogP contribution >= 0.6 is 0 Å². The Morgan fingerprint density at radius 3 is 1.83 bits per heavy atom. The summed E-state index contributed by atoms with van der Waals surface area (Å²) in [6.07, 6.45) is 4.43. The number of aryl methyl sites for hydroxylation is 2. The molecule has 41 heavy (non-hydrogen) atoms. The Kier molecular flexibility index (Phi) is 7.86. The zero-order chi connectivity index (χ0) is 28.2. The lowest BCUT2D eigenvalue weighted by Crippen LogP contribution is -2.14. The van der Waals surface area contributed by atoms with Gasteiger partial charge in [0.05, 0.1) is 0 Å². The van der Waals surface area contributed by atoms with E-state index >= 15 is 0 Å². The predicted molar refractivity (Wildman–Crippen MR) is 170 cm³/mol. The fraction of sp³-hybridized carbons (Fsp3) is 0.237. The molecule has 204 valence electrons. The molecule has 1 aromatic heterocycles. The molecule has 3 heteroatoms. The van der Waals surface area contributed by atoms with Crippen LogP contribution in [0.15, 0.2) is 115 Å². The molecule has 3 nitrogen and oxygen atoms in total. The van der Waals surface area contributed by atoms with Crippen LogP contribution in [0, 0.1) is 11.8 Å². The molecule has 0 radical (unpaired) electrons. The molecule has 0 N–H and O–H groups in total. The Morgan fingerprint density at radius 2 is 1.17 bits per heavy atom. The van der Waals surface area contributed by atoms with Gasteiger partial charge in [-0.25, -0.2) is 15.0 Å². The van der Waals surface area contributed by atoms with Crippen LogP contribution < -0.4 is 0 Å². The molecule has 0 amide bonds. The van der Waals surface area contributed by atoms with E-state index in [0.29, 0.717) is 23.4 Å². The second-order valence-corrected chi connectivity index (χ2v) is 11.5. The van der Waals surface area contributed by atoms with Crippen molar-refractivity contribution in [2.45, 2.75) is 46.5 Å². The van der Waals surface area contributed by atoms with Crippen molar-refractivity contribution in [2.24, 2.45) is 11.8 Å². The van der Waals surface area contributed by atoms with Crippen LogP contribution in [0.1, 0.15) is 50.3 Å². The van der Waals surface area contributed by atoms with Crippen LogP contribution in [0.2, 0.25) is 0 Å². The number of hydrogen-bond donors (Lipinski definition) is 0. The lowest BCUT2D eigenvalue weighted by atomic mass is 9.76. The zero-order valence-electron chi connectivity index (χ0n) is 24.2. The summed E-state index contributed by atoms with van der Waals surface area (Å²) in [6.45, 7) is 7.12. The molecule has 2 atom stereocenters. The maximum atomic E-state index is 4.93. The van der Waals surface area contributed by atoms with Crippen molar-refractivity contribution >= 4 is 5.57 Å². The van der Waals surface area contributed by atoms with Crippen molar-refractivity contribution < 1.29 is 0 Å². The summed E-state index contributed by atoms with van der Waals surface area (Å²) in [7, 11) is 0. The number of benzene rings is 4. The average Bonchev–Trinajstić information content (AvgIpc) is 3.03. The summed E-state index contributed by atoms with van der Waals surface area (Å²) < 4.78 is 0. The molecule has 1 heterocycles. The topological polar surface area (TPSA) is 38.7 Å². The summed E-state index contributed by atoms with van der Waals surface area (Å²) in [6, 6.07) is 38.0. The normalized spacial score (nSPS) is 17.0. The van der Waals surface area contributed by atoms with Gasteiger partial charge in [0, 0.05) is 16.7 Å². The van der Waals surface area contributed by atoms with Crippen LogP contribution in [-0.4, -0.2) is 15.0 Å². The summed E-state index contributed by atoms with van der Waals surface area (Å²) in [5, 5.41) is 0. The highest BCUT2D eigenvalue weighted by molar-refractivity contribution is 5.72. The largest absolute Gasteiger partial charge is 0.208 e. The van der Waals surface area contributed by atoms with E-state index in [1.165, 1.54) is 29.5 Å². The monoisotopic (exact) mass is 535 g/mol. The van der Waals surface area contributed by atoms with Crippen molar-refractivity contribution in [1.29, 1.82) is 0 Å². The minimum Gasteiger partial charge on any atom is -0.208 e. The van der Waals surface area contributed by atoms with Gasteiger partial charge in [-0.05, 0) is 72.8 Å². The van der Waals surface area contributed by atoms with Gasteiger partial charge < -0.3 is 0 Å². The Balaban J connectivity index is 1.31. The van der Waals surface area contributed by atoms with E-state index in [1.54, 1.807) is 11.1 Å². The van der Waals surface area contributed by atoms with Crippen molar-refractivity contribution in [1.82, 2.24) is 15.0 Å². The lowest BCUT2D eigenvalue weighted by molar-refractivity contribution is 0.439. The van der Waals surface area contributed by atoms with Gasteiger partial charge in [-0.15, -0.1) is 0 Å². The molecule has 4 aromatic carbocycles. The van der Waals surface area contributed by atoms with E-state index in [4.69, 9.17) is 15.0 Å². The molecule has 1 aliphatic carbocycles. The Hall–Kier alpha value is -4.37. The first-order valence-corrected chi connectivity index (χ1v) is 14.8. The van der Waals surface area contributed by atoms with Gasteiger partial charge in [0.1, 0.15) is 0 Å². The lowest BCUT2D eigenvalue weighted by Gasteiger charge is -2.30. The third-order valence-corrected chi connectivity index (χ3v) is 8.43. The highest BCUT2D eigenvalue weighted by Gasteiger charge is 2.23. The molecule has 0 aliphatic heterocycles. The Morgan fingerprint density at radius 1 is 0.610 bits per heavy atom. The number of rotatable bonds is 7. The zero-order valence-corrected chi connectivity index (χ0v) is 24.2. The minimum atomic E-state index is 0.653. The molecule has 5 aromatic rings. The first-order chi connectivity index (χ1) is 20.0. The summed E-state index contributed by atoms with van der Waals surface area (Å²) >= 11 is 0. The molecule has 0 saturated carbocycles. The quantitative estimate of drug-likeness (QED) is 0.208. The molecule has 6 rings (SSSR count). The summed E-state index contributed by atoms with van der Waals surface area (Å²) in [4.78, 5) is 14.7. The van der Waals surface area contributed by atoms with Crippen molar-refractivity contribution in [3.63, 3.8) is 0 Å². The Labute approximate surface area is 244 Å². The Bertz CT molecular complexity index is 1610. The third kappa shape index (κ3) is 6.05. The second kappa shape index (κ2) is 12.0. The fourth-order valence-corrected chi connectivity index (χ4v) is 6.11. The van der Waals surface area contributed by atoms with Gasteiger partial charge in [-0.3, -0.25) is 0 Å². The van der Waals surface area contributed by atoms with Crippen LogP contribution in [0.3, 0.4) is 0 Å². The van der Waals surface area contributed by atoms with E-state index < -0.39 is 0 Å². The SMILES string of the molecule is CC1=C(c2ccccc2CCc2cccc(-c3nc(-c4ccccc4)nc(-c4ccccc4)n3)c2)CC(C)CC1C. The third-order valence-electron chi connectivity index (χ3n) is 8.43. The summed E-state index contributed by atoms with van der Waals surface area (Å²) in [5.74, 6) is 3.46. The fourth-order valence-electron chi connectivity index (χ4n) is 6.11. The molecule has 0 spiro atoms. The summed E-state index contributed by atoms with van der Waals surface area (Å²) in [5.41, 5.74) is 10.3. The van der Waals surface area contributed by atoms with Gasteiger partial charge in [0.25, 0.3) is 0 Å². The minimum absolute atomic E-state index is 0.653. The van der Waals surface area contributed by atoms with E-state index in [2.05, 4.69) is 69.3 Å². The van der Waals surface area contributed by atoms with Crippen molar-refractivity contribution in [3.05, 3.63) is 131 Å². The van der Waals surface area contributed by atoms with Crippen LogP contribution in [0.4, 0.5) is 0 Å². The molecule has 0 saturated heterocycles. The van der Waals surface area contributed by atoms with Gasteiger partial charge in [-0.2, -0.15) is 0 Å². The average molecular weight is 536 g/mol. The molecule has 0 bridgehead atoms. The van der Waals surface area contributed by atoms with Crippen LogP contribution in [0.25, 0.3) is 39.7 Å². The van der Waals surface area contributed by atoms with Crippen LogP contribution in [0.5, 0.6) is 0 Å². The smallest absolute Gasteiger partial charge is 0.164 e. The van der Waals surface area contributed by atoms with E-state index in [1.807, 2.05) is 60.7 Å². The maximum Gasteiger partial charge on any atom is 0.164 e. The number of aromatic nitrogens is 3. The molecule has 0 fully saturated rings. The second-order valence-electron chi connectivity index (χ2n) is 11.5. The predicted octanol–water partition coefficient (Wildman–Crippen LogP) is 9.50. The van der Waals surface area contributed by atoms with Gasteiger partial charge in [0.15, 0.2) is 17.5 Å². The van der Waals surface area contributed by atoms with Crippen molar-refractivity contribution in [3.8, 4) is 34.2 Å². The maximum absolute atomic E-state index is 4.93. The van der Waals surface area contributed by atoms with Crippen molar-refractivity contribution in [2.75, 3.05) is 0 Å². The molecular weight excluding hydrogens is 498 g/mol. The van der Waals surface area contributed by atoms with Crippen LogP contribution in [-0.2, 0) is 12.8 Å². The first kappa shape index (κ1) is 26.8. The first-order valence-electron chi connectivity index (χ1n) is 14.8. The van der Waals surface area contributed by atoms with Gasteiger partial charge in [0.2, 0.25) is 0 Å². The number of hydrogen-bond acceptors (Lipinski definition) is 3.